The summed E-state index contributed by atoms with van der Waals surface area (Å²) < 4.78 is 0. The average molecular weight is 315 g/mol. The van der Waals surface area contributed by atoms with E-state index in [-0.39, 0.29) is 0 Å². The molecule has 4 rings (SSSR count). The number of allylic oxidation sites excluding steroid dienone is 2. The molecule has 1 heterocycles. The minimum absolute atomic E-state index is 0.295. The summed E-state index contributed by atoms with van der Waals surface area (Å²) in [6.45, 7) is 4.54. The van der Waals surface area contributed by atoms with E-state index in [2.05, 4.69) is 49.2 Å². The van der Waals surface area contributed by atoms with Gasteiger partial charge < -0.3 is 5.11 Å². The first kappa shape index (κ1) is 14.9. The number of phenols is 1. The Morgan fingerprint density at radius 2 is 1.79 bits per heavy atom. The highest BCUT2D eigenvalue weighted by Crippen LogP contribution is 2.36. The van der Waals surface area contributed by atoms with E-state index in [0.717, 1.165) is 17.7 Å². The second-order valence-electron chi connectivity index (χ2n) is 6.93. The van der Waals surface area contributed by atoms with Crippen molar-refractivity contribution < 1.29 is 5.11 Å². The van der Waals surface area contributed by atoms with Gasteiger partial charge in [0.05, 0.1) is 5.71 Å². The minimum atomic E-state index is 0.295. The molecule has 2 heteroatoms. The first-order valence-corrected chi connectivity index (χ1v) is 8.49. The maximum atomic E-state index is 9.42. The number of rotatable bonds is 3. The summed E-state index contributed by atoms with van der Waals surface area (Å²) in [5, 5.41) is 9.42. The second kappa shape index (κ2) is 5.79. The molecule has 1 unspecified atom stereocenters. The van der Waals surface area contributed by atoms with E-state index in [4.69, 9.17) is 0 Å². The standard InChI is InChI=1S/C22H21NO/c1-14(2)20-9-5-16-11-17(6-10-21(16)20)22-12-18(13-23-22)15-3-7-19(24)8-4-15/h3-11,13-14,20,24H,12H2,1-2H3. The molecule has 0 fully saturated rings. The molecule has 0 saturated heterocycles. The van der Waals surface area contributed by atoms with Crippen LogP contribution in [0.4, 0.5) is 0 Å². The molecule has 120 valence electrons. The Hall–Kier alpha value is -2.61. The molecular weight excluding hydrogens is 294 g/mol. The molecule has 0 saturated carbocycles. The summed E-state index contributed by atoms with van der Waals surface area (Å²) in [5.74, 6) is 1.45. The molecule has 2 aromatic rings. The highest BCUT2D eigenvalue weighted by molar-refractivity contribution is 6.09. The van der Waals surface area contributed by atoms with E-state index in [9.17, 15) is 5.11 Å². The highest BCUT2D eigenvalue weighted by Gasteiger charge is 2.22. The van der Waals surface area contributed by atoms with Gasteiger partial charge in [0.1, 0.15) is 5.75 Å². The number of aliphatic imine (C=N–C) groups is 1. The zero-order chi connectivity index (χ0) is 16.7. The summed E-state index contributed by atoms with van der Waals surface area (Å²) in [7, 11) is 0. The molecule has 2 aliphatic rings. The van der Waals surface area contributed by atoms with Crippen molar-refractivity contribution in [3.05, 3.63) is 77.0 Å². The van der Waals surface area contributed by atoms with Crippen molar-refractivity contribution in [2.75, 3.05) is 0 Å². The monoisotopic (exact) mass is 315 g/mol. The third-order valence-corrected chi connectivity index (χ3v) is 4.95. The van der Waals surface area contributed by atoms with Crippen molar-refractivity contribution in [1.29, 1.82) is 0 Å². The lowest BCUT2D eigenvalue weighted by Gasteiger charge is -2.15. The van der Waals surface area contributed by atoms with Crippen LogP contribution in [-0.2, 0) is 0 Å². The van der Waals surface area contributed by atoms with Gasteiger partial charge in [0, 0.05) is 18.5 Å². The quantitative estimate of drug-likeness (QED) is 0.809. The molecule has 1 atom stereocenters. The number of fused-ring (bicyclic) bond motifs is 1. The predicted octanol–water partition coefficient (Wildman–Crippen LogP) is 5.39. The van der Waals surface area contributed by atoms with Crippen LogP contribution in [0.15, 0.2) is 59.7 Å². The zero-order valence-electron chi connectivity index (χ0n) is 14.0. The largest absolute Gasteiger partial charge is 0.508 e. The zero-order valence-corrected chi connectivity index (χ0v) is 14.0. The van der Waals surface area contributed by atoms with Gasteiger partial charge in [0.25, 0.3) is 0 Å². The maximum absolute atomic E-state index is 9.42. The summed E-state index contributed by atoms with van der Waals surface area (Å²) in [6, 6.07) is 14.1. The lowest BCUT2D eigenvalue weighted by molar-refractivity contribution is 0.475. The lowest BCUT2D eigenvalue weighted by Crippen LogP contribution is -2.04. The van der Waals surface area contributed by atoms with Gasteiger partial charge >= 0.3 is 0 Å². The molecule has 0 bridgehead atoms. The Morgan fingerprint density at radius 1 is 1.04 bits per heavy atom. The average Bonchev–Trinajstić information content (AvgIpc) is 3.22. The molecule has 24 heavy (non-hydrogen) atoms. The molecule has 1 aliphatic carbocycles. The number of hydrogen-bond acceptors (Lipinski definition) is 2. The van der Waals surface area contributed by atoms with Gasteiger partial charge in [-0.25, -0.2) is 0 Å². The van der Waals surface area contributed by atoms with Gasteiger partial charge in [-0.3, -0.25) is 4.99 Å². The Labute approximate surface area is 142 Å². The number of benzene rings is 2. The van der Waals surface area contributed by atoms with Crippen LogP contribution in [0.25, 0.3) is 11.6 Å². The van der Waals surface area contributed by atoms with E-state index >= 15 is 0 Å². The fourth-order valence-corrected chi connectivity index (χ4v) is 3.55. The van der Waals surface area contributed by atoms with E-state index in [1.165, 1.54) is 22.3 Å². The van der Waals surface area contributed by atoms with Crippen LogP contribution in [0.5, 0.6) is 5.75 Å². The van der Waals surface area contributed by atoms with Crippen molar-refractivity contribution >= 4 is 17.4 Å². The molecule has 2 nitrogen and oxygen atoms in total. The number of aromatic hydroxyl groups is 1. The molecule has 0 aromatic heterocycles. The van der Waals surface area contributed by atoms with Crippen molar-refractivity contribution in [2.45, 2.75) is 26.2 Å². The van der Waals surface area contributed by atoms with E-state index in [0.29, 0.717) is 17.6 Å². The summed E-state index contributed by atoms with van der Waals surface area (Å²) >= 11 is 0. The van der Waals surface area contributed by atoms with Crippen molar-refractivity contribution in [3.8, 4) is 5.75 Å². The van der Waals surface area contributed by atoms with E-state index < -0.39 is 0 Å². The third-order valence-electron chi connectivity index (χ3n) is 4.95. The molecule has 0 radical (unpaired) electrons. The topological polar surface area (TPSA) is 32.6 Å². The fourth-order valence-electron chi connectivity index (χ4n) is 3.55. The number of hydrogen-bond donors (Lipinski definition) is 1. The van der Waals surface area contributed by atoms with Crippen LogP contribution in [0.1, 0.15) is 48.4 Å². The normalized spacial score (nSPS) is 18.7. The van der Waals surface area contributed by atoms with Gasteiger partial charge in [-0.1, -0.05) is 50.3 Å². The molecule has 1 aliphatic heterocycles. The van der Waals surface area contributed by atoms with Crippen LogP contribution >= 0.6 is 0 Å². The van der Waals surface area contributed by atoms with Gasteiger partial charge in [-0.15, -0.1) is 0 Å². The molecule has 1 N–H and O–H groups in total. The first-order valence-electron chi connectivity index (χ1n) is 8.49. The number of phenolic OH excluding ortho intramolecular Hbond substituents is 1. The predicted molar refractivity (Wildman–Crippen MR) is 100 cm³/mol. The minimum Gasteiger partial charge on any atom is -0.508 e. The van der Waals surface area contributed by atoms with Gasteiger partial charge in [0.2, 0.25) is 0 Å². The molecule has 0 amide bonds. The Bertz CT molecular complexity index is 869. The summed E-state index contributed by atoms with van der Waals surface area (Å²) in [4.78, 5) is 4.63. The van der Waals surface area contributed by atoms with Crippen LogP contribution in [0.2, 0.25) is 0 Å². The SMILES string of the molecule is CC(C)C1C=Cc2cc(C3=NC=C(c4ccc(O)cc4)C3)ccc21. The summed E-state index contributed by atoms with van der Waals surface area (Å²) in [5.41, 5.74) is 7.38. The maximum Gasteiger partial charge on any atom is 0.115 e. The molecule has 0 spiro atoms. The van der Waals surface area contributed by atoms with Crippen LogP contribution < -0.4 is 0 Å². The fraction of sp³-hybridized carbons (Fsp3) is 0.227. The van der Waals surface area contributed by atoms with Gasteiger partial charge in [-0.2, -0.15) is 0 Å². The van der Waals surface area contributed by atoms with Crippen LogP contribution in [0.3, 0.4) is 0 Å². The third kappa shape index (κ3) is 2.58. The van der Waals surface area contributed by atoms with Crippen molar-refractivity contribution in [2.24, 2.45) is 10.9 Å². The van der Waals surface area contributed by atoms with Gasteiger partial charge in [-0.05, 0) is 51.9 Å². The Balaban J connectivity index is 1.55. The summed E-state index contributed by atoms with van der Waals surface area (Å²) in [6.07, 6.45) is 7.34. The van der Waals surface area contributed by atoms with Gasteiger partial charge in [0.15, 0.2) is 0 Å². The van der Waals surface area contributed by atoms with Crippen molar-refractivity contribution in [1.82, 2.24) is 0 Å². The molecular formula is C22H21NO. The lowest BCUT2D eigenvalue weighted by atomic mass is 9.89. The highest BCUT2D eigenvalue weighted by atomic mass is 16.3. The van der Waals surface area contributed by atoms with Crippen LogP contribution in [0, 0.1) is 5.92 Å². The smallest absolute Gasteiger partial charge is 0.115 e. The van der Waals surface area contributed by atoms with E-state index in [1.54, 1.807) is 12.1 Å². The molecule has 2 aromatic carbocycles. The second-order valence-corrected chi connectivity index (χ2v) is 6.93. The number of nitrogens with zero attached hydrogens (tertiary/aromatic N) is 1. The Morgan fingerprint density at radius 3 is 2.54 bits per heavy atom. The van der Waals surface area contributed by atoms with Crippen molar-refractivity contribution in [3.63, 3.8) is 0 Å². The Kier molecular flexibility index (Phi) is 3.61. The first-order chi connectivity index (χ1) is 11.6. The van der Waals surface area contributed by atoms with E-state index in [1.807, 2.05) is 18.3 Å². The van der Waals surface area contributed by atoms with Crippen LogP contribution in [-0.4, -0.2) is 10.8 Å².